The first-order chi connectivity index (χ1) is 20.1. The molecule has 0 aromatic heterocycles. The molecule has 0 saturated heterocycles. The van der Waals surface area contributed by atoms with Gasteiger partial charge < -0.3 is 4.90 Å². The summed E-state index contributed by atoms with van der Waals surface area (Å²) in [5, 5.41) is 0. The van der Waals surface area contributed by atoms with E-state index in [9.17, 15) is 4.79 Å². The van der Waals surface area contributed by atoms with Crippen LogP contribution in [0.5, 0.6) is 0 Å². The van der Waals surface area contributed by atoms with Crippen molar-refractivity contribution < 1.29 is 4.79 Å². The third kappa shape index (κ3) is 6.51. The van der Waals surface area contributed by atoms with Crippen molar-refractivity contribution in [3.05, 3.63) is 192 Å². The average Bonchev–Trinajstić information content (AvgIpc) is 3.04. The minimum absolute atomic E-state index is 0.0672. The number of amides is 1. The van der Waals surface area contributed by atoms with E-state index in [0.717, 1.165) is 50.1 Å². The molecule has 0 aliphatic rings. The molecule has 0 aliphatic carbocycles. The summed E-state index contributed by atoms with van der Waals surface area (Å²) in [4.78, 5) is 14.5. The standard InChI is InChI=1S/C39H33NO/c1-40(2)36(41)29-28-35(30-18-8-3-9-19-30)38(33-24-14-6-15-25-33)39(34-26-16-7-17-27-34)37(31-20-10-4-11-21-31)32-22-12-5-13-23-32/h3-29H,1-2H3/b29-28+,38-35+. The van der Waals surface area contributed by atoms with Crippen molar-refractivity contribution in [1.29, 1.82) is 0 Å². The Morgan fingerprint density at radius 3 is 1.17 bits per heavy atom. The van der Waals surface area contributed by atoms with Gasteiger partial charge in [0.15, 0.2) is 0 Å². The van der Waals surface area contributed by atoms with Gasteiger partial charge in [0.25, 0.3) is 0 Å². The Bertz CT molecular complexity index is 1620. The lowest BCUT2D eigenvalue weighted by Gasteiger charge is -2.23. The maximum absolute atomic E-state index is 12.9. The van der Waals surface area contributed by atoms with Crippen molar-refractivity contribution in [2.75, 3.05) is 14.1 Å². The first-order valence-electron chi connectivity index (χ1n) is 13.8. The van der Waals surface area contributed by atoms with Crippen LogP contribution in [0.3, 0.4) is 0 Å². The van der Waals surface area contributed by atoms with Gasteiger partial charge >= 0.3 is 0 Å². The van der Waals surface area contributed by atoms with E-state index in [4.69, 9.17) is 0 Å². The third-order valence-corrected chi connectivity index (χ3v) is 6.94. The Labute approximate surface area is 243 Å². The summed E-state index contributed by atoms with van der Waals surface area (Å²) in [6.07, 6.45) is 3.63. The molecule has 41 heavy (non-hydrogen) atoms. The third-order valence-electron chi connectivity index (χ3n) is 6.94. The number of hydrogen-bond donors (Lipinski definition) is 0. The van der Waals surface area contributed by atoms with Crippen molar-refractivity contribution in [2.45, 2.75) is 0 Å². The number of likely N-dealkylation sites (N-methyl/N-ethyl adjacent to an activating group) is 1. The summed E-state index contributed by atoms with van der Waals surface area (Å²) in [6, 6.07) is 52.4. The number of rotatable bonds is 8. The Morgan fingerprint density at radius 1 is 0.439 bits per heavy atom. The Morgan fingerprint density at radius 2 is 0.780 bits per heavy atom. The van der Waals surface area contributed by atoms with E-state index in [2.05, 4.69) is 109 Å². The largest absolute Gasteiger partial charge is 0.345 e. The molecule has 200 valence electrons. The van der Waals surface area contributed by atoms with Gasteiger partial charge in [0.05, 0.1) is 0 Å². The van der Waals surface area contributed by atoms with Crippen molar-refractivity contribution >= 4 is 28.2 Å². The molecule has 0 radical (unpaired) electrons. The number of carbonyl (C=O) groups is 1. The molecule has 0 bridgehead atoms. The van der Waals surface area contributed by atoms with E-state index in [0.29, 0.717) is 0 Å². The molecule has 2 heteroatoms. The van der Waals surface area contributed by atoms with Crippen molar-refractivity contribution in [3.8, 4) is 0 Å². The molecular formula is C39H33NO. The molecule has 5 aromatic carbocycles. The first-order valence-corrected chi connectivity index (χ1v) is 13.8. The number of allylic oxidation sites excluding steroid dienone is 4. The number of nitrogens with zero attached hydrogens (tertiary/aromatic N) is 1. The quantitative estimate of drug-likeness (QED) is 0.111. The van der Waals surface area contributed by atoms with Gasteiger partial charge in [-0.25, -0.2) is 0 Å². The lowest BCUT2D eigenvalue weighted by Crippen LogP contribution is -2.18. The van der Waals surface area contributed by atoms with Gasteiger partial charge in [-0.1, -0.05) is 152 Å². The van der Waals surface area contributed by atoms with Gasteiger partial charge in [0, 0.05) is 20.2 Å². The second kappa shape index (κ2) is 13.2. The van der Waals surface area contributed by atoms with Gasteiger partial charge in [-0.15, -0.1) is 0 Å². The zero-order chi connectivity index (χ0) is 28.4. The summed E-state index contributed by atoms with van der Waals surface area (Å²) in [5.41, 5.74) is 9.66. The van der Waals surface area contributed by atoms with E-state index >= 15 is 0 Å². The summed E-state index contributed by atoms with van der Waals surface area (Å²) < 4.78 is 0. The molecule has 0 heterocycles. The predicted molar refractivity (Wildman–Crippen MR) is 173 cm³/mol. The van der Waals surface area contributed by atoms with E-state index in [1.54, 1.807) is 25.1 Å². The van der Waals surface area contributed by atoms with Crippen LogP contribution in [0.2, 0.25) is 0 Å². The van der Waals surface area contributed by atoms with Crippen LogP contribution < -0.4 is 0 Å². The molecule has 0 saturated carbocycles. The van der Waals surface area contributed by atoms with Gasteiger partial charge in [-0.2, -0.15) is 0 Å². The van der Waals surface area contributed by atoms with Crippen LogP contribution in [-0.4, -0.2) is 24.9 Å². The average molecular weight is 532 g/mol. The molecule has 0 unspecified atom stereocenters. The highest BCUT2D eigenvalue weighted by Gasteiger charge is 2.22. The van der Waals surface area contributed by atoms with Crippen LogP contribution in [-0.2, 0) is 4.79 Å². The molecular weight excluding hydrogens is 498 g/mol. The first kappa shape index (κ1) is 27.4. The highest BCUT2D eigenvalue weighted by atomic mass is 16.2. The van der Waals surface area contributed by atoms with Gasteiger partial charge in [0.1, 0.15) is 0 Å². The zero-order valence-corrected chi connectivity index (χ0v) is 23.4. The maximum Gasteiger partial charge on any atom is 0.246 e. The molecule has 2 nitrogen and oxygen atoms in total. The fourth-order valence-corrected chi connectivity index (χ4v) is 4.97. The maximum atomic E-state index is 12.9. The second-order valence-electron chi connectivity index (χ2n) is 9.93. The van der Waals surface area contributed by atoms with Gasteiger partial charge in [0.2, 0.25) is 5.91 Å². The van der Waals surface area contributed by atoms with Crippen LogP contribution in [0.1, 0.15) is 27.8 Å². The minimum Gasteiger partial charge on any atom is -0.345 e. The molecule has 0 atom stereocenters. The zero-order valence-electron chi connectivity index (χ0n) is 23.4. The number of benzene rings is 5. The summed E-state index contributed by atoms with van der Waals surface area (Å²) in [5.74, 6) is -0.0672. The lowest BCUT2D eigenvalue weighted by atomic mass is 9.80. The van der Waals surface area contributed by atoms with E-state index in [1.165, 1.54) is 0 Å². The molecule has 1 amide bonds. The van der Waals surface area contributed by atoms with E-state index in [1.807, 2.05) is 48.5 Å². The van der Waals surface area contributed by atoms with Crippen LogP contribution in [0.15, 0.2) is 164 Å². The smallest absolute Gasteiger partial charge is 0.246 e. The number of carbonyl (C=O) groups excluding carboxylic acids is 1. The van der Waals surface area contributed by atoms with Gasteiger partial charge in [-0.3, -0.25) is 4.79 Å². The SMILES string of the molecule is CN(C)C(=O)/C=C/C(=C(\C(=C(c1ccccc1)c1ccccc1)c1ccccc1)c1ccccc1)c1ccccc1. The Kier molecular flexibility index (Phi) is 8.83. The molecule has 5 aromatic rings. The van der Waals surface area contributed by atoms with Crippen molar-refractivity contribution in [3.63, 3.8) is 0 Å². The summed E-state index contributed by atoms with van der Waals surface area (Å²) in [6.45, 7) is 0. The monoisotopic (exact) mass is 531 g/mol. The molecule has 5 rings (SSSR count). The fourth-order valence-electron chi connectivity index (χ4n) is 4.97. The van der Waals surface area contributed by atoms with Gasteiger partial charge in [-0.05, 0) is 56.2 Å². The summed E-state index contributed by atoms with van der Waals surface area (Å²) >= 11 is 0. The Balaban J connectivity index is 2.00. The number of hydrogen-bond acceptors (Lipinski definition) is 1. The Hall–Kier alpha value is -5.21. The lowest BCUT2D eigenvalue weighted by molar-refractivity contribution is -0.123. The van der Waals surface area contributed by atoms with Crippen LogP contribution in [0.25, 0.3) is 22.3 Å². The minimum atomic E-state index is -0.0672. The molecule has 0 aliphatic heterocycles. The summed E-state index contributed by atoms with van der Waals surface area (Å²) in [7, 11) is 3.55. The van der Waals surface area contributed by atoms with Crippen LogP contribution >= 0.6 is 0 Å². The van der Waals surface area contributed by atoms with Crippen molar-refractivity contribution in [2.24, 2.45) is 0 Å². The highest BCUT2D eigenvalue weighted by molar-refractivity contribution is 6.25. The predicted octanol–water partition coefficient (Wildman–Crippen LogP) is 8.90. The van der Waals surface area contributed by atoms with Crippen LogP contribution in [0, 0.1) is 0 Å². The second-order valence-corrected chi connectivity index (χ2v) is 9.93. The topological polar surface area (TPSA) is 20.3 Å². The van der Waals surface area contributed by atoms with Crippen LogP contribution in [0.4, 0.5) is 0 Å². The van der Waals surface area contributed by atoms with E-state index < -0.39 is 0 Å². The van der Waals surface area contributed by atoms with E-state index in [-0.39, 0.29) is 5.91 Å². The molecule has 0 N–H and O–H groups in total. The van der Waals surface area contributed by atoms with Crippen molar-refractivity contribution in [1.82, 2.24) is 4.90 Å². The molecule has 0 spiro atoms. The highest BCUT2D eigenvalue weighted by Crippen LogP contribution is 2.44. The molecule has 0 fully saturated rings. The normalized spacial score (nSPS) is 11.6. The fraction of sp³-hybridized carbons (Fsp3) is 0.0513.